The SMILES string of the molecule is CN1CCCC(c2ccc(C3COCCN3)cc2)C1. The molecule has 2 saturated heterocycles. The van der Waals surface area contributed by atoms with Crippen LogP contribution in [0.4, 0.5) is 0 Å². The molecule has 0 aliphatic carbocycles. The molecular formula is C16H24N2O. The lowest BCUT2D eigenvalue weighted by molar-refractivity contribution is 0.0769. The highest BCUT2D eigenvalue weighted by Crippen LogP contribution is 2.27. The van der Waals surface area contributed by atoms with Crippen LogP contribution >= 0.6 is 0 Å². The van der Waals surface area contributed by atoms with Crippen molar-refractivity contribution in [2.75, 3.05) is 39.9 Å². The topological polar surface area (TPSA) is 24.5 Å². The highest BCUT2D eigenvalue weighted by atomic mass is 16.5. The van der Waals surface area contributed by atoms with Gasteiger partial charge in [-0.15, -0.1) is 0 Å². The number of piperidine rings is 1. The van der Waals surface area contributed by atoms with Gasteiger partial charge in [0.15, 0.2) is 0 Å². The van der Waals surface area contributed by atoms with Gasteiger partial charge in [-0.3, -0.25) is 0 Å². The van der Waals surface area contributed by atoms with Gasteiger partial charge in [0.1, 0.15) is 0 Å². The van der Waals surface area contributed by atoms with Crippen molar-refractivity contribution in [2.45, 2.75) is 24.8 Å². The van der Waals surface area contributed by atoms with Gasteiger partial charge in [-0.2, -0.15) is 0 Å². The maximum absolute atomic E-state index is 5.53. The minimum atomic E-state index is 0.372. The summed E-state index contributed by atoms with van der Waals surface area (Å²) in [5, 5.41) is 3.51. The Morgan fingerprint density at radius 2 is 2.00 bits per heavy atom. The fourth-order valence-electron chi connectivity index (χ4n) is 3.22. The van der Waals surface area contributed by atoms with Gasteiger partial charge in [0, 0.05) is 13.1 Å². The van der Waals surface area contributed by atoms with E-state index >= 15 is 0 Å². The van der Waals surface area contributed by atoms with Crippen LogP contribution in [0.25, 0.3) is 0 Å². The first kappa shape index (κ1) is 13.1. The molecule has 0 spiro atoms. The Bertz CT molecular complexity index is 398. The van der Waals surface area contributed by atoms with Crippen molar-refractivity contribution in [2.24, 2.45) is 0 Å². The summed E-state index contributed by atoms with van der Waals surface area (Å²) in [4.78, 5) is 2.44. The van der Waals surface area contributed by atoms with E-state index < -0.39 is 0 Å². The standard InChI is InChI=1S/C16H24N2O/c1-18-9-2-3-15(11-18)13-4-6-14(7-5-13)16-12-19-10-8-17-16/h4-7,15-17H,2-3,8-12H2,1H3. The molecule has 19 heavy (non-hydrogen) atoms. The number of ether oxygens (including phenoxy) is 1. The molecule has 1 aromatic rings. The van der Waals surface area contributed by atoms with Crippen molar-refractivity contribution < 1.29 is 4.74 Å². The minimum Gasteiger partial charge on any atom is -0.378 e. The molecule has 0 saturated carbocycles. The van der Waals surface area contributed by atoms with Gasteiger partial charge in [0.25, 0.3) is 0 Å². The predicted molar refractivity (Wildman–Crippen MR) is 77.5 cm³/mol. The second-order valence-corrected chi connectivity index (χ2v) is 5.85. The van der Waals surface area contributed by atoms with Crippen molar-refractivity contribution in [3.8, 4) is 0 Å². The van der Waals surface area contributed by atoms with Gasteiger partial charge in [-0.1, -0.05) is 24.3 Å². The molecule has 2 aliphatic heterocycles. The average molecular weight is 260 g/mol. The van der Waals surface area contributed by atoms with Crippen LogP contribution < -0.4 is 5.32 Å². The van der Waals surface area contributed by atoms with Crippen LogP contribution in [0.1, 0.15) is 35.9 Å². The lowest BCUT2D eigenvalue weighted by Crippen LogP contribution is -2.34. The first-order valence-corrected chi connectivity index (χ1v) is 7.42. The third-order valence-electron chi connectivity index (χ3n) is 4.36. The molecule has 3 rings (SSSR count). The number of hydrogen-bond donors (Lipinski definition) is 1. The summed E-state index contributed by atoms with van der Waals surface area (Å²) in [5.41, 5.74) is 2.85. The van der Waals surface area contributed by atoms with Crippen molar-refractivity contribution in [3.63, 3.8) is 0 Å². The molecule has 0 aromatic heterocycles. The van der Waals surface area contributed by atoms with E-state index in [-0.39, 0.29) is 0 Å². The van der Waals surface area contributed by atoms with E-state index in [1.807, 2.05) is 0 Å². The molecule has 1 N–H and O–H groups in total. The Morgan fingerprint density at radius 1 is 1.21 bits per heavy atom. The Kier molecular flexibility index (Phi) is 4.16. The van der Waals surface area contributed by atoms with Crippen LogP contribution in [0.3, 0.4) is 0 Å². The highest BCUT2D eigenvalue weighted by molar-refractivity contribution is 5.28. The summed E-state index contributed by atoms with van der Waals surface area (Å²) in [6.45, 7) is 5.04. The number of nitrogens with zero attached hydrogens (tertiary/aromatic N) is 1. The number of hydrogen-bond acceptors (Lipinski definition) is 3. The third kappa shape index (κ3) is 3.16. The number of likely N-dealkylation sites (tertiary alicyclic amines) is 1. The molecule has 2 aliphatic rings. The van der Waals surface area contributed by atoms with Gasteiger partial charge in [0.05, 0.1) is 19.3 Å². The lowest BCUT2D eigenvalue weighted by atomic mass is 9.90. The zero-order valence-electron chi connectivity index (χ0n) is 11.8. The van der Waals surface area contributed by atoms with E-state index in [2.05, 4.69) is 41.5 Å². The average Bonchev–Trinajstić information content (AvgIpc) is 2.48. The van der Waals surface area contributed by atoms with E-state index in [9.17, 15) is 0 Å². The van der Waals surface area contributed by atoms with E-state index in [4.69, 9.17) is 4.74 Å². The van der Waals surface area contributed by atoms with Crippen LogP contribution in [0.2, 0.25) is 0 Å². The van der Waals surface area contributed by atoms with E-state index in [1.165, 1.54) is 37.1 Å². The Morgan fingerprint density at radius 3 is 2.68 bits per heavy atom. The van der Waals surface area contributed by atoms with Crippen molar-refractivity contribution in [1.29, 1.82) is 0 Å². The largest absolute Gasteiger partial charge is 0.378 e. The zero-order valence-corrected chi connectivity index (χ0v) is 11.8. The summed E-state index contributed by atoms with van der Waals surface area (Å²) in [5.74, 6) is 0.711. The number of likely N-dealkylation sites (N-methyl/N-ethyl adjacent to an activating group) is 1. The lowest BCUT2D eigenvalue weighted by Gasteiger charge is -2.30. The smallest absolute Gasteiger partial charge is 0.0662 e. The maximum Gasteiger partial charge on any atom is 0.0662 e. The van der Waals surface area contributed by atoms with Gasteiger partial charge >= 0.3 is 0 Å². The van der Waals surface area contributed by atoms with Crippen LogP contribution in [-0.2, 0) is 4.74 Å². The number of nitrogens with one attached hydrogen (secondary N) is 1. The van der Waals surface area contributed by atoms with Gasteiger partial charge < -0.3 is 15.0 Å². The zero-order chi connectivity index (χ0) is 13.1. The molecule has 0 radical (unpaired) electrons. The summed E-state index contributed by atoms with van der Waals surface area (Å²) in [6, 6.07) is 9.55. The van der Waals surface area contributed by atoms with Gasteiger partial charge in [0.2, 0.25) is 0 Å². The molecule has 104 valence electrons. The second-order valence-electron chi connectivity index (χ2n) is 5.85. The summed E-state index contributed by atoms with van der Waals surface area (Å²) in [7, 11) is 2.23. The summed E-state index contributed by atoms with van der Waals surface area (Å²) < 4.78 is 5.53. The number of rotatable bonds is 2. The first-order chi connectivity index (χ1) is 9.33. The van der Waals surface area contributed by atoms with Gasteiger partial charge in [-0.25, -0.2) is 0 Å². The molecular weight excluding hydrogens is 236 g/mol. The maximum atomic E-state index is 5.53. The molecule has 2 atom stereocenters. The predicted octanol–water partition coefficient (Wildman–Crippen LogP) is 2.16. The van der Waals surface area contributed by atoms with Crippen LogP contribution in [-0.4, -0.2) is 44.8 Å². The highest BCUT2D eigenvalue weighted by Gasteiger charge is 2.20. The normalized spacial score (nSPS) is 29.3. The quantitative estimate of drug-likeness (QED) is 0.882. The number of morpholine rings is 1. The number of benzene rings is 1. The molecule has 2 fully saturated rings. The van der Waals surface area contributed by atoms with E-state index in [0.29, 0.717) is 12.0 Å². The molecule has 0 amide bonds. The van der Waals surface area contributed by atoms with Crippen molar-refractivity contribution >= 4 is 0 Å². The summed E-state index contributed by atoms with van der Waals surface area (Å²) >= 11 is 0. The molecule has 2 heterocycles. The summed E-state index contributed by atoms with van der Waals surface area (Å²) in [6.07, 6.45) is 2.65. The van der Waals surface area contributed by atoms with E-state index in [1.54, 1.807) is 0 Å². The minimum absolute atomic E-state index is 0.372. The first-order valence-electron chi connectivity index (χ1n) is 7.42. The second kappa shape index (κ2) is 6.04. The van der Waals surface area contributed by atoms with E-state index in [0.717, 1.165) is 19.8 Å². The molecule has 1 aromatic carbocycles. The molecule has 3 heteroatoms. The molecule has 2 unspecified atom stereocenters. The fraction of sp³-hybridized carbons (Fsp3) is 0.625. The van der Waals surface area contributed by atoms with Crippen molar-refractivity contribution in [3.05, 3.63) is 35.4 Å². The van der Waals surface area contributed by atoms with Crippen LogP contribution in [0, 0.1) is 0 Å². The third-order valence-corrected chi connectivity index (χ3v) is 4.36. The molecule has 0 bridgehead atoms. The van der Waals surface area contributed by atoms with Gasteiger partial charge in [-0.05, 0) is 43.5 Å². The van der Waals surface area contributed by atoms with Crippen molar-refractivity contribution in [1.82, 2.24) is 10.2 Å². The monoisotopic (exact) mass is 260 g/mol. The fourth-order valence-corrected chi connectivity index (χ4v) is 3.22. The van der Waals surface area contributed by atoms with Crippen LogP contribution in [0.15, 0.2) is 24.3 Å². The Balaban J connectivity index is 1.67. The Labute approximate surface area is 115 Å². The molecule has 3 nitrogen and oxygen atoms in total. The van der Waals surface area contributed by atoms with Crippen LogP contribution in [0.5, 0.6) is 0 Å². The Hall–Kier alpha value is -0.900.